The van der Waals surface area contributed by atoms with Crippen molar-refractivity contribution in [2.75, 3.05) is 23.2 Å². The summed E-state index contributed by atoms with van der Waals surface area (Å²) in [4.78, 5) is 35.2. The Morgan fingerprint density at radius 1 is 0.690 bits per heavy atom. The Morgan fingerprint density at radius 2 is 1.38 bits per heavy atom. The minimum atomic E-state index is -0.973. The lowest BCUT2D eigenvalue weighted by Crippen LogP contribution is -2.37. The number of benzene rings is 4. The minimum absolute atomic E-state index is 0.319. The number of imide groups is 1. The van der Waals surface area contributed by atoms with E-state index >= 15 is 0 Å². The molecule has 4 aromatic carbocycles. The summed E-state index contributed by atoms with van der Waals surface area (Å²) in [6.45, 7) is 5.15. The van der Waals surface area contributed by atoms with Gasteiger partial charge in [0.05, 0.1) is 30.6 Å². The fraction of sp³-hybridized carbons (Fsp3) is 0.235. The Labute approximate surface area is 244 Å². The number of amides is 2. The molecule has 0 spiro atoms. The van der Waals surface area contributed by atoms with Gasteiger partial charge in [-0.25, -0.2) is 9.96 Å². The number of ether oxygens (including phenoxy) is 3. The van der Waals surface area contributed by atoms with E-state index in [4.69, 9.17) is 19.0 Å². The second-order valence-electron chi connectivity index (χ2n) is 10.0. The number of para-hydroxylation sites is 1. The van der Waals surface area contributed by atoms with Crippen LogP contribution in [0, 0.1) is 5.92 Å². The predicted molar refractivity (Wildman–Crippen MR) is 159 cm³/mol. The van der Waals surface area contributed by atoms with Crippen molar-refractivity contribution in [3.63, 3.8) is 0 Å². The Hall–Kier alpha value is -4.82. The van der Waals surface area contributed by atoms with Gasteiger partial charge < -0.3 is 14.2 Å². The summed E-state index contributed by atoms with van der Waals surface area (Å²) in [7, 11) is 0. The highest BCUT2D eigenvalue weighted by molar-refractivity contribution is 6.24. The van der Waals surface area contributed by atoms with Gasteiger partial charge in [0.15, 0.2) is 17.6 Å². The zero-order chi connectivity index (χ0) is 29.1. The zero-order valence-electron chi connectivity index (χ0n) is 23.5. The monoisotopic (exact) mass is 564 g/mol. The fourth-order valence-electron chi connectivity index (χ4n) is 5.50. The molecule has 214 valence electrons. The molecule has 2 amide bonds. The number of anilines is 2. The Balaban J connectivity index is 1.35. The molecule has 0 unspecified atom stereocenters. The van der Waals surface area contributed by atoms with E-state index in [1.165, 1.54) is 4.90 Å². The van der Waals surface area contributed by atoms with Crippen molar-refractivity contribution in [3.05, 3.63) is 114 Å². The number of rotatable bonds is 10. The maximum Gasteiger partial charge on any atom is 0.266 e. The normalized spacial score (nSPS) is 19.6. The molecule has 0 aliphatic carbocycles. The molecule has 0 N–H and O–H groups in total. The molecule has 0 saturated carbocycles. The van der Waals surface area contributed by atoms with Crippen LogP contribution in [0.1, 0.15) is 31.0 Å². The number of hydrogen-bond donors (Lipinski definition) is 0. The van der Waals surface area contributed by atoms with Crippen LogP contribution in [0.2, 0.25) is 0 Å². The van der Waals surface area contributed by atoms with E-state index in [0.29, 0.717) is 42.8 Å². The Bertz CT molecular complexity index is 1540. The van der Waals surface area contributed by atoms with Crippen molar-refractivity contribution >= 4 is 23.2 Å². The van der Waals surface area contributed by atoms with Crippen LogP contribution >= 0.6 is 0 Å². The van der Waals surface area contributed by atoms with E-state index in [0.717, 1.165) is 16.8 Å². The van der Waals surface area contributed by atoms with Crippen LogP contribution in [0.5, 0.6) is 17.2 Å². The van der Waals surface area contributed by atoms with E-state index in [1.54, 1.807) is 29.3 Å². The van der Waals surface area contributed by atoms with Crippen molar-refractivity contribution in [1.29, 1.82) is 0 Å². The van der Waals surface area contributed by atoms with Crippen molar-refractivity contribution in [2.24, 2.45) is 5.92 Å². The van der Waals surface area contributed by atoms with E-state index in [2.05, 4.69) is 0 Å². The summed E-state index contributed by atoms with van der Waals surface area (Å²) in [6, 6.07) is 31.4. The van der Waals surface area contributed by atoms with Crippen LogP contribution < -0.4 is 24.2 Å². The van der Waals surface area contributed by atoms with Crippen molar-refractivity contribution in [2.45, 2.75) is 32.6 Å². The molecule has 3 atom stereocenters. The third kappa shape index (κ3) is 5.17. The standard InChI is InChI=1S/C34H32N2O6/c1-3-39-27-18-16-25(17-19-27)35-33(37)30-31(36(42-32(30)34(35)38)26-13-9-6-10-14-26)24-15-20-28(29(21-24)40-4-2)41-22-23-11-7-5-8-12-23/h5-21,30-32H,3-4,22H2,1-2H3/t30-,31-,32+/m1/s1. The summed E-state index contributed by atoms with van der Waals surface area (Å²) in [5.41, 5.74) is 3.04. The van der Waals surface area contributed by atoms with Crippen LogP contribution in [0.25, 0.3) is 0 Å². The SMILES string of the molecule is CCOc1ccc(N2C(=O)[C@H]3[C@H](ON(c4ccccc4)[C@@H]3c3ccc(OCc4ccccc4)c(OCC)c3)C2=O)cc1. The summed E-state index contributed by atoms with van der Waals surface area (Å²) in [6.07, 6.45) is -0.973. The average Bonchev–Trinajstić information content (AvgIpc) is 3.53. The summed E-state index contributed by atoms with van der Waals surface area (Å²) in [5, 5.41) is 1.68. The number of fused-ring (bicyclic) bond motifs is 1. The zero-order valence-corrected chi connectivity index (χ0v) is 23.5. The lowest BCUT2D eigenvalue weighted by molar-refractivity contribution is -0.126. The van der Waals surface area contributed by atoms with Gasteiger partial charge in [0.1, 0.15) is 18.3 Å². The van der Waals surface area contributed by atoms with E-state index < -0.39 is 24.0 Å². The van der Waals surface area contributed by atoms with Crippen LogP contribution in [-0.2, 0) is 21.0 Å². The number of carbonyl (C=O) groups excluding carboxylic acids is 2. The summed E-state index contributed by atoms with van der Waals surface area (Å²) in [5.74, 6) is 0.335. The van der Waals surface area contributed by atoms with E-state index in [1.807, 2.05) is 92.7 Å². The van der Waals surface area contributed by atoms with Gasteiger partial charge in [-0.15, -0.1) is 0 Å². The maximum atomic E-state index is 14.0. The minimum Gasteiger partial charge on any atom is -0.494 e. The Kier molecular flexibility index (Phi) is 7.79. The second-order valence-corrected chi connectivity index (χ2v) is 10.0. The molecule has 8 nitrogen and oxygen atoms in total. The van der Waals surface area contributed by atoms with Gasteiger partial charge in [0.2, 0.25) is 5.91 Å². The largest absolute Gasteiger partial charge is 0.494 e. The topological polar surface area (TPSA) is 77.5 Å². The molecule has 2 fully saturated rings. The van der Waals surface area contributed by atoms with Gasteiger partial charge in [0, 0.05) is 0 Å². The highest BCUT2D eigenvalue weighted by Crippen LogP contribution is 2.49. The highest BCUT2D eigenvalue weighted by Gasteiger charge is 2.60. The van der Waals surface area contributed by atoms with Gasteiger partial charge >= 0.3 is 0 Å². The lowest BCUT2D eigenvalue weighted by Gasteiger charge is -2.29. The fourth-order valence-corrected chi connectivity index (χ4v) is 5.50. The lowest BCUT2D eigenvalue weighted by atomic mass is 9.90. The second kappa shape index (κ2) is 12.0. The van der Waals surface area contributed by atoms with Gasteiger partial charge in [-0.3, -0.25) is 14.4 Å². The van der Waals surface area contributed by atoms with Crippen molar-refractivity contribution < 1.29 is 28.6 Å². The molecule has 6 rings (SSSR count). The van der Waals surface area contributed by atoms with Crippen LogP contribution in [0.4, 0.5) is 11.4 Å². The molecule has 0 radical (unpaired) electrons. The van der Waals surface area contributed by atoms with Gasteiger partial charge in [-0.1, -0.05) is 54.6 Å². The molecule has 42 heavy (non-hydrogen) atoms. The number of nitrogens with zero attached hydrogens (tertiary/aromatic N) is 2. The first-order valence-corrected chi connectivity index (χ1v) is 14.1. The highest BCUT2D eigenvalue weighted by atomic mass is 16.7. The molecular weight excluding hydrogens is 532 g/mol. The first kappa shape index (κ1) is 27.4. The quantitative estimate of drug-likeness (QED) is 0.215. The van der Waals surface area contributed by atoms with Crippen LogP contribution in [0.15, 0.2) is 103 Å². The molecular formula is C34H32N2O6. The number of carbonyl (C=O) groups is 2. The first-order valence-electron chi connectivity index (χ1n) is 14.1. The maximum absolute atomic E-state index is 14.0. The summed E-state index contributed by atoms with van der Waals surface area (Å²) >= 11 is 0. The average molecular weight is 565 g/mol. The summed E-state index contributed by atoms with van der Waals surface area (Å²) < 4.78 is 17.6. The van der Waals surface area contributed by atoms with Crippen LogP contribution in [0.3, 0.4) is 0 Å². The number of hydroxylamine groups is 1. The molecule has 8 heteroatoms. The molecule has 0 bridgehead atoms. The third-order valence-corrected chi connectivity index (χ3v) is 7.38. The van der Waals surface area contributed by atoms with E-state index in [9.17, 15) is 9.59 Å². The van der Waals surface area contributed by atoms with Gasteiger partial charge in [-0.05, 0) is 73.5 Å². The molecule has 2 heterocycles. The first-order chi connectivity index (χ1) is 20.6. The number of hydrogen-bond acceptors (Lipinski definition) is 7. The van der Waals surface area contributed by atoms with E-state index in [-0.39, 0.29) is 5.91 Å². The van der Waals surface area contributed by atoms with Gasteiger partial charge in [0.25, 0.3) is 5.91 Å². The smallest absolute Gasteiger partial charge is 0.266 e. The predicted octanol–water partition coefficient (Wildman–Crippen LogP) is 6.11. The van der Waals surface area contributed by atoms with Gasteiger partial charge in [-0.2, -0.15) is 0 Å². The molecule has 0 aromatic heterocycles. The van der Waals surface area contributed by atoms with Crippen LogP contribution in [-0.4, -0.2) is 31.1 Å². The third-order valence-electron chi connectivity index (χ3n) is 7.38. The molecule has 2 aliphatic heterocycles. The Morgan fingerprint density at radius 3 is 2.07 bits per heavy atom. The molecule has 4 aromatic rings. The molecule has 2 saturated heterocycles. The van der Waals surface area contributed by atoms with Crippen molar-refractivity contribution in [1.82, 2.24) is 0 Å². The van der Waals surface area contributed by atoms with Crippen molar-refractivity contribution in [3.8, 4) is 17.2 Å². The molecule has 2 aliphatic rings.